The first-order valence-corrected chi connectivity index (χ1v) is 19.3. The molecule has 0 radical (unpaired) electrons. The molecule has 4 aliphatic carbocycles. The molecule has 5 aliphatic rings. The second kappa shape index (κ2) is 17.5. The number of carbonyl (C=O) groups is 2. The van der Waals surface area contributed by atoms with E-state index in [9.17, 15) is 24.9 Å². The number of ether oxygens (including phenoxy) is 1. The van der Waals surface area contributed by atoms with E-state index in [1.807, 2.05) is 0 Å². The van der Waals surface area contributed by atoms with Crippen LogP contribution in [0, 0.1) is 71.0 Å². The van der Waals surface area contributed by atoms with Crippen molar-refractivity contribution < 1.29 is 29.6 Å². The van der Waals surface area contributed by atoms with E-state index >= 15 is 0 Å². The van der Waals surface area contributed by atoms with Crippen LogP contribution >= 0.6 is 0 Å². The van der Waals surface area contributed by atoms with Crippen molar-refractivity contribution in [2.45, 2.75) is 141 Å². The zero-order chi connectivity index (χ0) is 33.5. The average Bonchev–Trinajstić information content (AvgIpc) is 3.25. The number of hydrogen-bond donors (Lipinski definition) is 5. The van der Waals surface area contributed by atoms with E-state index in [4.69, 9.17) is 10.5 Å². The molecule has 6 N–H and O–H groups in total. The van der Waals surface area contributed by atoms with Gasteiger partial charge in [0.1, 0.15) is 0 Å². The van der Waals surface area contributed by atoms with Gasteiger partial charge in [0, 0.05) is 37.9 Å². The Labute approximate surface area is 283 Å². The van der Waals surface area contributed by atoms with Crippen LogP contribution in [-0.2, 0) is 14.3 Å². The molecule has 6 unspecified atom stereocenters. The predicted octanol–water partition coefficient (Wildman–Crippen LogP) is 4.61. The van der Waals surface area contributed by atoms with Gasteiger partial charge in [-0.1, -0.05) is 44.4 Å². The predicted molar refractivity (Wildman–Crippen MR) is 183 cm³/mol. The van der Waals surface area contributed by atoms with Crippen LogP contribution in [0.5, 0.6) is 0 Å². The van der Waals surface area contributed by atoms with Crippen molar-refractivity contribution in [3.8, 4) is 11.8 Å². The highest BCUT2D eigenvalue weighted by atomic mass is 16.5. The lowest BCUT2D eigenvalue weighted by molar-refractivity contribution is -0.142. The zero-order valence-corrected chi connectivity index (χ0v) is 29.2. The van der Waals surface area contributed by atoms with Gasteiger partial charge in [-0.05, 0) is 125 Å². The molecule has 1 aliphatic heterocycles. The maximum absolute atomic E-state index is 14.2. The van der Waals surface area contributed by atoms with Crippen LogP contribution in [0.3, 0.4) is 0 Å². The lowest BCUT2D eigenvalue weighted by Gasteiger charge is -2.44. The number of aliphatic hydroxyl groups is 3. The minimum Gasteiger partial charge on any atom is -0.396 e. The van der Waals surface area contributed by atoms with Gasteiger partial charge in [-0.2, -0.15) is 0 Å². The molecule has 0 aromatic carbocycles. The highest BCUT2D eigenvalue weighted by molar-refractivity contribution is 6.06. The summed E-state index contributed by atoms with van der Waals surface area (Å²) in [5.41, 5.74) is 6.32. The monoisotopic (exact) mass is 656 g/mol. The molecule has 266 valence electrons. The van der Waals surface area contributed by atoms with E-state index < -0.39 is 18.1 Å². The molecule has 8 nitrogen and oxygen atoms in total. The number of rotatable bonds is 8. The highest BCUT2D eigenvalue weighted by Gasteiger charge is 2.45. The molecular weight excluding hydrogens is 592 g/mol. The van der Waals surface area contributed by atoms with Gasteiger partial charge in [0.05, 0.1) is 18.4 Å². The third-order valence-electron chi connectivity index (χ3n) is 13.2. The standard InChI is InChI=1S/C39H64N2O6/c1-3-7-29(23-42)30-18-25(16-24-14-15-41-37(40)19-24)17-27-10-12-31(26-8-5-4-6-9-26)32-22-35(44)36(47-2)21-28(32)11-13-34(43)39(46)38(45)33(27)20-30/h24-33,35-37,39,41-42,44,46H,3-9,11,13-23,40H2,1-2H3/t24?,25-,27-,28?,29+,30-,31+,32?,33-,35?,36?,37?,39-/m0/s1. The van der Waals surface area contributed by atoms with Gasteiger partial charge in [-0.3, -0.25) is 9.59 Å². The summed E-state index contributed by atoms with van der Waals surface area (Å²) in [5.74, 6) is 7.96. The SMILES string of the molecule is CCC[C@H](CO)[C@H]1C[C@@H](CC2CCNC(N)C2)C[C@@H]2C#C[C@H](C3CCCCC3)C3CC(O)C(OC)CC3CCC(=O)[C@H](O)C(=O)[C@H]2C1. The average molecular weight is 657 g/mol. The Morgan fingerprint density at radius 2 is 1.72 bits per heavy atom. The molecule has 1 saturated heterocycles. The van der Waals surface area contributed by atoms with Crippen LogP contribution in [0.2, 0.25) is 0 Å². The number of Topliss-reactive ketones (excluding diaryl/α,β-unsaturated/α-hetero) is 2. The lowest BCUT2D eigenvalue weighted by Crippen LogP contribution is -2.45. The largest absolute Gasteiger partial charge is 0.396 e. The molecule has 47 heavy (non-hydrogen) atoms. The van der Waals surface area contributed by atoms with Gasteiger partial charge in [-0.25, -0.2) is 0 Å². The molecule has 0 aromatic rings. The molecule has 13 atom stereocenters. The third kappa shape index (κ3) is 9.27. The Morgan fingerprint density at radius 3 is 2.43 bits per heavy atom. The fraction of sp³-hybridized carbons (Fsp3) is 0.897. The first-order chi connectivity index (χ1) is 22.7. The van der Waals surface area contributed by atoms with Crippen molar-refractivity contribution in [3.05, 3.63) is 0 Å². The highest BCUT2D eigenvalue weighted by Crippen LogP contribution is 2.47. The molecular formula is C39H64N2O6. The number of piperidine rings is 1. The van der Waals surface area contributed by atoms with Crippen molar-refractivity contribution in [3.63, 3.8) is 0 Å². The first kappa shape index (κ1) is 36.9. The zero-order valence-electron chi connectivity index (χ0n) is 29.2. The van der Waals surface area contributed by atoms with Crippen LogP contribution in [0.15, 0.2) is 0 Å². The summed E-state index contributed by atoms with van der Waals surface area (Å²) in [6, 6.07) is 0. The Kier molecular flexibility index (Phi) is 13.8. The fourth-order valence-corrected chi connectivity index (χ4v) is 10.6. The number of nitrogens with one attached hydrogen (secondary N) is 1. The second-order valence-corrected chi connectivity index (χ2v) is 16.2. The maximum Gasteiger partial charge on any atom is 0.173 e. The minimum absolute atomic E-state index is 0.00460. The summed E-state index contributed by atoms with van der Waals surface area (Å²) in [7, 11) is 1.64. The first-order valence-electron chi connectivity index (χ1n) is 19.3. The van der Waals surface area contributed by atoms with Crippen molar-refractivity contribution in [1.82, 2.24) is 5.32 Å². The topological polar surface area (TPSA) is 142 Å². The summed E-state index contributed by atoms with van der Waals surface area (Å²) in [6.07, 6.45) is 12.6. The van der Waals surface area contributed by atoms with Crippen molar-refractivity contribution in [1.29, 1.82) is 0 Å². The van der Waals surface area contributed by atoms with Crippen LogP contribution in [0.25, 0.3) is 0 Å². The quantitative estimate of drug-likeness (QED) is 0.188. The van der Waals surface area contributed by atoms with Crippen LogP contribution in [0.4, 0.5) is 0 Å². The maximum atomic E-state index is 14.2. The summed E-state index contributed by atoms with van der Waals surface area (Å²) in [4.78, 5) is 27.8. The van der Waals surface area contributed by atoms with Gasteiger partial charge < -0.3 is 31.1 Å². The number of aliphatic hydroxyl groups excluding tert-OH is 3. The smallest absolute Gasteiger partial charge is 0.173 e. The molecule has 4 fully saturated rings. The minimum atomic E-state index is -1.64. The van der Waals surface area contributed by atoms with Crippen LogP contribution < -0.4 is 11.1 Å². The van der Waals surface area contributed by atoms with Crippen LogP contribution in [0.1, 0.15) is 116 Å². The Balaban J connectivity index is 1.54. The van der Waals surface area contributed by atoms with E-state index in [0.29, 0.717) is 43.4 Å². The number of nitrogens with two attached hydrogens (primary N) is 1. The molecule has 0 spiro atoms. The number of methoxy groups -OCH3 is 1. The number of carbonyl (C=O) groups excluding carboxylic acids is 2. The lowest BCUT2D eigenvalue weighted by atomic mass is 9.63. The van der Waals surface area contributed by atoms with E-state index in [-0.39, 0.29) is 72.4 Å². The molecule has 0 amide bonds. The van der Waals surface area contributed by atoms with E-state index in [1.165, 1.54) is 19.3 Å². The van der Waals surface area contributed by atoms with Gasteiger partial charge in [0.2, 0.25) is 0 Å². The Bertz CT molecular complexity index is 1080. The van der Waals surface area contributed by atoms with Crippen molar-refractivity contribution in [2.24, 2.45) is 64.9 Å². The molecule has 3 saturated carbocycles. The van der Waals surface area contributed by atoms with Crippen molar-refractivity contribution >= 4 is 11.6 Å². The van der Waals surface area contributed by atoms with Gasteiger partial charge in [-0.15, -0.1) is 0 Å². The second-order valence-electron chi connectivity index (χ2n) is 16.2. The van der Waals surface area contributed by atoms with Crippen molar-refractivity contribution in [2.75, 3.05) is 20.3 Å². The number of fused-ring (bicyclic) bond motifs is 2. The summed E-state index contributed by atoms with van der Waals surface area (Å²) in [6.45, 7) is 3.14. The summed E-state index contributed by atoms with van der Waals surface area (Å²) < 4.78 is 5.69. The van der Waals surface area contributed by atoms with Gasteiger partial charge >= 0.3 is 0 Å². The molecule has 0 aromatic heterocycles. The normalized spacial score (nSPS) is 41.7. The molecule has 8 heteroatoms. The summed E-state index contributed by atoms with van der Waals surface area (Å²) >= 11 is 0. The van der Waals surface area contributed by atoms with E-state index in [1.54, 1.807) is 7.11 Å². The fourth-order valence-electron chi connectivity index (χ4n) is 10.6. The third-order valence-corrected chi connectivity index (χ3v) is 13.2. The van der Waals surface area contributed by atoms with Gasteiger partial charge in [0.25, 0.3) is 0 Å². The summed E-state index contributed by atoms with van der Waals surface area (Å²) in [5, 5.41) is 36.4. The van der Waals surface area contributed by atoms with Crippen LogP contribution in [-0.4, -0.2) is 71.6 Å². The molecule has 1 heterocycles. The van der Waals surface area contributed by atoms with Gasteiger partial charge in [0.15, 0.2) is 17.7 Å². The molecule has 0 bridgehead atoms. The Morgan fingerprint density at radius 1 is 0.936 bits per heavy atom. The van der Waals surface area contributed by atoms with E-state index in [0.717, 1.165) is 64.3 Å². The number of hydrogen-bond acceptors (Lipinski definition) is 8. The number of ketones is 2. The Hall–Kier alpha value is -1.34. The van der Waals surface area contributed by atoms with E-state index in [2.05, 4.69) is 24.1 Å². The molecule has 5 rings (SSSR count).